The molecule has 0 radical (unpaired) electrons. The van der Waals surface area contributed by atoms with Crippen LogP contribution in [0.1, 0.15) is 25.0 Å². The van der Waals surface area contributed by atoms with E-state index in [2.05, 4.69) is 170 Å². The lowest BCUT2D eigenvalue weighted by molar-refractivity contribution is 0.666. The van der Waals surface area contributed by atoms with Gasteiger partial charge in [0.2, 0.25) is 0 Å². The molecule has 2 aromatic heterocycles. The molecule has 0 unspecified atom stereocenters. The molecule has 0 N–H and O–H groups in total. The van der Waals surface area contributed by atoms with Gasteiger partial charge >= 0.3 is 0 Å². The van der Waals surface area contributed by atoms with Crippen LogP contribution in [0, 0.1) is 0 Å². The quantitative estimate of drug-likeness (QED) is 0.186. The van der Waals surface area contributed by atoms with Crippen molar-refractivity contribution in [1.82, 2.24) is 4.57 Å². The molecule has 222 valence electrons. The molecule has 47 heavy (non-hydrogen) atoms. The number of hydrogen-bond donors (Lipinski definition) is 0. The van der Waals surface area contributed by atoms with Gasteiger partial charge in [0.05, 0.1) is 11.0 Å². The Labute approximate surface area is 278 Å². The number of hydrogen-bond acceptors (Lipinski definition) is 1. The molecule has 0 atom stereocenters. The average Bonchev–Trinajstić information content (AvgIpc) is 3.73. The van der Waals surface area contributed by atoms with Crippen LogP contribution in [0.2, 0.25) is 0 Å². The third kappa shape index (κ3) is 3.83. The molecule has 0 spiro atoms. The van der Waals surface area contributed by atoms with Crippen molar-refractivity contribution in [3.8, 4) is 39.1 Å². The van der Waals surface area contributed by atoms with Gasteiger partial charge in [0.15, 0.2) is 0 Å². The van der Waals surface area contributed by atoms with E-state index in [4.69, 9.17) is 0 Å². The smallest absolute Gasteiger partial charge is 0.0541 e. The monoisotopic (exact) mass is 617 g/mol. The lowest BCUT2D eigenvalue weighted by Gasteiger charge is -2.23. The third-order valence-corrected chi connectivity index (χ3v) is 11.5. The minimum atomic E-state index is -0.135. The van der Waals surface area contributed by atoms with Crippen molar-refractivity contribution >= 4 is 53.3 Å². The molecule has 1 aliphatic carbocycles. The highest BCUT2D eigenvalue weighted by Gasteiger charge is 2.38. The lowest BCUT2D eigenvalue weighted by atomic mass is 9.80. The van der Waals surface area contributed by atoms with Gasteiger partial charge < -0.3 is 4.57 Å². The summed E-state index contributed by atoms with van der Waals surface area (Å²) in [6.45, 7) is 4.83. The van der Waals surface area contributed by atoms with Crippen molar-refractivity contribution in [1.29, 1.82) is 0 Å². The minimum absolute atomic E-state index is 0.135. The van der Waals surface area contributed by atoms with Crippen molar-refractivity contribution in [3.05, 3.63) is 163 Å². The molecule has 0 amide bonds. The maximum atomic E-state index is 2.48. The number of rotatable bonds is 3. The fourth-order valence-corrected chi connectivity index (χ4v) is 9.28. The summed E-state index contributed by atoms with van der Waals surface area (Å²) in [6.07, 6.45) is 0. The largest absolute Gasteiger partial charge is 0.309 e. The summed E-state index contributed by atoms with van der Waals surface area (Å²) < 4.78 is 5.21. The molecular weight excluding hydrogens is 587 g/mol. The molecule has 0 saturated heterocycles. The third-order valence-electron chi connectivity index (χ3n) is 10.4. The van der Waals surface area contributed by atoms with Gasteiger partial charge in [-0.05, 0) is 93.0 Å². The minimum Gasteiger partial charge on any atom is -0.309 e. The molecule has 0 bridgehead atoms. The van der Waals surface area contributed by atoms with Gasteiger partial charge in [0, 0.05) is 42.0 Å². The molecular formula is C45H31NS. The highest BCUT2D eigenvalue weighted by molar-refractivity contribution is 7.25. The molecule has 2 heterocycles. The fourth-order valence-electron chi connectivity index (χ4n) is 8.17. The van der Waals surface area contributed by atoms with Crippen molar-refractivity contribution in [2.45, 2.75) is 19.3 Å². The normalized spacial score (nSPS) is 13.5. The van der Waals surface area contributed by atoms with Gasteiger partial charge in [0.25, 0.3) is 0 Å². The van der Waals surface area contributed by atoms with Crippen LogP contribution in [-0.4, -0.2) is 4.57 Å². The molecule has 1 nitrogen and oxygen atoms in total. The van der Waals surface area contributed by atoms with E-state index in [0.717, 1.165) is 0 Å². The van der Waals surface area contributed by atoms with Gasteiger partial charge in [-0.3, -0.25) is 0 Å². The Morgan fingerprint density at radius 3 is 1.72 bits per heavy atom. The predicted octanol–water partition coefficient (Wildman–Crippen LogP) is 12.8. The second kappa shape index (κ2) is 9.78. The van der Waals surface area contributed by atoms with Crippen molar-refractivity contribution < 1.29 is 0 Å². The first-order valence-corrected chi connectivity index (χ1v) is 17.2. The Morgan fingerprint density at radius 2 is 1.06 bits per heavy atom. The van der Waals surface area contributed by atoms with Crippen LogP contribution in [0.5, 0.6) is 0 Å². The molecule has 1 aliphatic rings. The Kier molecular flexibility index (Phi) is 5.57. The first kappa shape index (κ1) is 26.7. The van der Waals surface area contributed by atoms with E-state index < -0.39 is 0 Å². The van der Waals surface area contributed by atoms with Crippen LogP contribution in [0.25, 0.3) is 81.0 Å². The van der Waals surface area contributed by atoms with Gasteiger partial charge in [0.1, 0.15) is 0 Å². The van der Waals surface area contributed by atoms with Crippen LogP contribution in [-0.2, 0) is 5.41 Å². The molecule has 2 heteroatoms. The molecule has 9 aromatic rings. The highest BCUT2D eigenvalue weighted by atomic mass is 32.1. The molecule has 7 aromatic carbocycles. The zero-order chi connectivity index (χ0) is 31.3. The summed E-state index contributed by atoms with van der Waals surface area (Å²) in [7, 11) is 0. The van der Waals surface area contributed by atoms with Gasteiger partial charge in [-0.2, -0.15) is 0 Å². The highest BCUT2D eigenvalue weighted by Crippen LogP contribution is 2.54. The maximum Gasteiger partial charge on any atom is 0.0541 e. The first-order chi connectivity index (χ1) is 23.1. The van der Waals surface area contributed by atoms with Crippen LogP contribution in [0.15, 0.2) is 152 Å². The van der Waals surface area contributed by atoms with E-state index in [-0.39, 0.29) is 5.41 Å². The average molecular weight is 618 g/mol. The molecule has 0 aliphatic heterocycles. The number of nitrogens with zero attached hydrogens (tertiary/aromatic N) is 1. The van der Waals surface area contributed by atoms with E-state index >= 15 is 0 Å². The summed E-state index contributed by atoms with van der Waals surface area (Å²) in [5.74, 6) is 0. The van der Waals surface area contributed by atoms with E-state index in [0.29, 0.717) is 0 Å². The Hall–Kier alpha value is -5.44. The fraction of sp³-hybridized carbons (Fsp3) is 0.0667. The Morgan fingerprint density at radius 1 is 0.468 bits per heavy atom. The van der Waals surface area contributed by atoms with Crippen molar-refractivity contribution in [3.63, 3.8) is 0 Å². The van der Waals surface area contributed by atoms with E-state index in [9.17, 15) is 0 Å². The molecule has 0 saturated carbocycles. The number of aromatic nitrogens is 1. The van der Waals surface area contributed by atoms with Gasteiger partial charge in [-0.1, -0.05) is 117 Å². The maximum absolute atomic E-state index is 2.48. The summed E-state index contributed by atoms with van der Waals surface area (Å²) >= 11 is 1.91. The van der Waals surface area contributed by atoms with E-state index in [1.165, 1.54) is 92.2 Å². The number of benzene rings is 7. The van der Waals surface area contributed by atoms with E-state index in [1.54, 1.807) is 0 Å². The summed E-state index contributed by atoms with van der Waals surface area (Å²) in [5.41, 5.74) is 14.0. The predicted molar refractivity (Wildman–Crippen MR) is 202 cm³/mol. The Balaban J connectivity index is 1.21. The number of thiophene rings is 1. The SMILES string of the molecule is CC1(C)c2cc(-n3c4ccc(-c5ccccc5)cc4c4cc(-c5ccccc5)ccc43)ccc2-c2ccc3sc4ccccc4c3c21. The molecule has 0 fully saturated rings. The van der Waals surface area contributed by atoms with Crippen molar-refractivity contribution in [2.24, 2.45) is 0 Å². The standard InChI is InChI=1S/C45H31NS/c1-45(2)38-27-32(19-20-33(38)34-21-24-42-43(44(34)45)35-15-9-10-16-41(35)47-42)46-39-22-17-30(28-11-5-3-6-12-28)25-36(39)37-26-31(18-23-40(37)46)29-13-7-4-8-14-29/h3-27H,1-2H3. The zero-order valence-corrected chi connectivity index (χ0v) is 27.1. The van der Waals surface area contributed by atoms with Gasteiger partial charge in [-0.25, -0.2) is 0 Å². The van der Waals surface area contributed by atoms with Crippen LogP contribution < -0.4 is 0 Å². The lowest BCUT2D eigenvalue weighted by Crippen LogP contribution is -2.15. The van der Waals surface area contributed by atoms with Crippen molar-refractivity contribution in [2.75, 3.05) is 0 Å². The van der Waals surface area contributed by atoms with Crippen LogP contribution in [0.4, 0.5) is 0 Å². The van der Waals surface area contributed by atoms with E-state index in [1.807, 2.05) is 11.3 Å². The second-order valence-corrected chi connectivity index (χ2v) is 14.4. The topological polar surface area (TPSA) is 4.93 Å². The first-order valence-electron chi connectivity index (χ1n) is 16.4. The van der Waals surface area contributed by atoms with Crippen LogP contribution in [0.3, 0.4) is 0 Å². The van der Waals surface area contributed by atoms with Crippen LogP contribution >= 0.6 is 11.3 Å². The van der Waals surface area contributed by atoms with Gasteiger partial charge in [-0.15, -0.1) is 11.3 Å². The summed E-state index contributed by atoms with van der Waals surface area (Å²) in [6, 6.07) is 56.1. The summed E-state index contributed by atoms with van der Waals surface area (Å²) in [4.78, 5) is 0. The number of fused-ring (bicyclic) bond motifs is 10. The zero-order valence-electron chi connectivity index (χ0n) is 26.3. The Bertz CT molecular complexity index is 2590. The second-order valence-electron chi connectivity index (χ2n) is 13.3. The summed E-state index contributed by atoms with van der Waals surface area (Å²) in [5, 5.41) is 5.34. The molecule has 10 rings (SSSR count).